The molecule has 0 spiro atoms. The second kappa shape index (κ2) is 7.94. The van der Waals surface area contributed by atoms with Crippen LogP contribution in [0.1, 0.15) is 11.1 Å². The molecule has 1 N–H and O–H groups in total. The number of benzene rings is 2. The largest absolute Gasteiger partial charge is 0.456 e. The van der Waals surface area contributed by atoms with Gasteiger partial charge in [0, 0.05) is 58.2 Å². The summed E-state index contributed by atoms with van der Waals surface area (Å²) >= 11 is 0. The first-order valence-electron chi connectivity index (χ1n) is 9.96. The summed E-state index contributed by atoms with van der Waals surface area (Å²) in [7, 11) is -0.701. The monoisotopic (exact) mass is 453 g/mol. The van der Waals surface area contributed by atoms with Crippen molar-refractivity contribution in [3.8, 4) is 22.6 Å². The van der Waals surface area contributed by atoms with Gasteiger partial charge in [0.15, 0.2) is 0 Å². The van der Waals surface area contributed by atoms with E-state index in [9.17, 15) is 13.4 Å². The third-order valence-corrected chi connectivity index (χ3v) is 5.76. The maximum Gasteiger partial charge on any atom is 0.274 e. The number of hydrogen-bond donors (Lipinski definition) is 1. The van der Waals surface area contributed by atoms with Gasteiger partial charge in [-0.05, 0) is 61.4 Å². The molecule has 2 aromatic carbocycles. The van der Waals surface area contributed by atoms with Crippen molar-refractivity contribution in [2.45, 2.75) is 13.8 Å². The van der Waals surface area contributed by atoms with Gasteiger partial charge in [0.05, 0.1) is 5.69 Å². The Morgan fingerprint density at radius 3 is 2.41 bits per heavy atom. The minimum atomic E-state index is -2.38. The maximum atomic E-state index is 13.8. The van der Waals surface area contributed by atoms with E-state index in [1.807, 2.05) is 6.07 Å². The molecule has 2 aromatic heterocycles. The van der Waals surface area contributed by atoms with E-state index in [1.54, 1.807) is 64.0 Å². The average molecular weight is 454 g/mol. The molecule has 0 unspecified atom stereocenters. The maximum absolute atomic E-state index is 13.8. The van der Waals surface area contributed by atoms with E-state index < -0.39 is 9.73 Å². The van der Waals surface area contributed by atoms with Crippen molar-refractivity contribution < 1.29 is 13.3 Å². The molecule has 4 aromatic rings. The fourth-order valence-corrected chi connectivity index (χ4v) is 4.40. The molecule has 32 heavy (non-hydrogen) atoms. The van der Waals surface area contributed by atoms with Gasteiger partial charge in [0.2, 0.25) is 0 Å². The highest BCUT2D eigenvalue weighted by molar-refractivity contribution is 7.92. The summed E-state index contributed by atoms with van der Waals surface area (Å²) in [6.07, 6.45) is 6.59. The summed E-state index contributed by atoms with van der Waals surface area (Å²) in [5.41, 5.74) is 3.63. The first-order chi connectivity index (χ1) is 15.0. The van der Waals surface area contributed by atoms with E-state index in [-0.39, 0.29) is 11.4 Å². The van der Waals surface area contributed by atoms with Crippen molar-refractivity contribution in [1.29, 1.82) is 0 Å². The highest BCUT2D eigenvalue weighted by atomic mass is 32.2. The zero-order valence-corrected chi connectivity index (χ0v) is 19.3. The number of ether oxygens (including phenoxy) is 1. The summed E-state index contributed by atoms with van der Waals surface area (Å²) in [6, 6.07) is 9.96. The van der Waals surface area contributed by atoms with Crippen LogP contribution in [0.15, 0.2) is 57.9 Å². The Bertz CT molecular complexity index is 1510. The Balaban J connectivity index is 1.99. The van der Waals surface area contributed by atoms with Crippen LogP contribution in [0.25, 0.3) is 22.0 Å². The molecule has 0 atom stereocenters. The first-order valence-corrected chi connectivity index (χ1v) is 12.3. The number of pyridine rings is 1. The van der Waals surface area contributed by atoms with E-state index in [4.69, 9.17) is 4.74 Å². The number of nitrogens with zero attached hydrogens (tertiary/aromatic N) is 2. The van der Waals surface area contributed by atoms with E-state index in [0.29, 0.717) is 39.4 Å². The first kappa shape index (κ1) is 21.8. The molecule has 0 saturated carbocycles. The number of nitrogens with one attached hydrogen (secondary N) is 1. The van der Waals surface area contributed by atoms with Gasteiger partial charge in [-0.25, -0.2) is 8.60 Å². The van der Waals surface area contributed by atoms with Crippen LogP contribution >= 0.6 is 0 Å². The predicted molar refractivity (Wildman–Crippen MR) is 127 cm³/mol. The standard InChI is InChI=1S/C24H24FN3O3S/c1-14-10-16(25)11-15(2)23(14)31-21-7-6-17(27-32(4,5)30)12-19(21)20-13-28(3)24(29)22-18(20)8-9-26-22/h6-13,26H,1-5H3. The number of aryl methyl sites for hydroxylation is 3. The summed E-state index contributed by atoms with van der Waals surface area (Å²) in [5, 5.41) is 0.733. The molecule has 0 fully saturated rings. The number of rotatable bonds is 4. The number of aromatic nitrogens is 2. The minimum Gasteiger partial charge on any atom is -0.456 e. The van der Waals surface area contributed by atoms with Crippen molar-refractivity contribution in [1.82, 2.24) is 9.55 Å². The second-order valence-electron chi connectivity index (χ2n) is 8.15. The predicted octanol–water partition coefficient (Wildman–Crippen LogP) is 5.44. The number of halogens is 1. The topological polar surface area (TPSA) is 76.4 Å². The van der Waals surface area contributed by atoms with E-state index in [2.05, 4.69) is 9.35 Å². The van der Waals surface area contributed by atoms with Gasteiger partial charge in [-0.3, -0.25) is 4.79 Å². The Labute approximate surface area is 185 Å². The summed E-state index contributed by atoms with van der Waals surface area (Å²) in [5.74, 6) is 0.748. The van der Waals surface area contributed by atoms with Crippen LogP contribution < -0.4 is 10.3 Å². The summed E-state index contributed by atoms with van der Waals surface area (Å²) in [6.45, 7) is 3.57. The normalized spacial score (nSPS) is 11.7. The van der Waals surface area contributed by atoms with Gasteiger partial charge in [-0.15, -0.1) is 0 Å². The lowest BCUT2D eigenvalue weighted by Crippen LogP contribution is -2.16. The lowest BCUT2D eigenvalue weighted by atomic mass is 10.0. The average Bonchev–Trinajstić information content (AvgIpc) is 3.17. The Morgan fingerprint density at radius 1 is 1.06 bits per heavy atom. The Morgan fingerprint density at radius 2 is 1.75 bits per heavy atom. The van der Waals surface area contributed by atoms with E-state index >= 15 is 0 Å². The molecule has 4 rings (SSSR count). The second-order valence-corrected chi connectivity index (χ2v) is 10.7. The van der Waals surface area contributed by atoms with Gasteiger partial charge >= 0.3 is 0 Å². The molecule has 166 valence electrons. The van der Waals surface area contributed by atoms with Crippen LogP contribution in [0, 0.1) is 19.7 Å². The number of H-pyrrole nitrogens is 1. The Kier molecular flexibility index (Phi) is 5.42. The van der Waals surface area contributed by atoms with Crippen molar-refractivity contribution in [3.05, 3.63) is 76.1 Å². The van der Waals surface area contributed by atoms with Crippen molar-refractivity contribution in [2.24, 2.45) is 11.4 Å². The molecule has 0 aliphatic carbocycles. The molecule has 0 aliphatic heterocycles. The zero-order chi connectivity index (χ0) is 23.2. The van der Waals surface area contributed by atoms with Crippen LogP contribution in [0.4, 0.5) is 10.1 Å². The van der Waals surface area contributed by atoms with Gasteiger partial charge in [-0.1, -0.05) is 0 Å². The molecular weight excluding hydrogens is 429 g/mol. The zero-order valence-electron chi connectivity index (χ0n) is 18.5. The molecule has 0 saturated heterocycles. The SMILES string of the molecule is Cc1cc(F)cc(C)c1Oc1ccc(N=S(C)(C)=O)cc1-c1cn(C)c(=O)c2[nH]ccc12. The van der Waals surface area contributed by atoms with Crippen LogP contribution in [0.5, 0.6) is 11.5 Å². The number of fused-ring (bicyclic) bond motifs is 1. The minimum absolute atomic E-state index is 0.146. The van der Waals surface area contributed by atoms with E-state index in [0.717, 1.165) is 10.9 Å². The van der Waals surface area contributed by atoms with Gasteiger partial charge in [-0.2, -0.15) is 4.36 Å². The van der Waals surface area contributed by atoms with E-state index in [1.165, 1.54) is 16.7 Å². The van der Waals surface area contributed by atoms with Crippen LogP contribution in [0.3, 0.4) is 0 Å². The summed E-state index contributed by atoms with van der Waals surface area (Å²) in [4.78, 5) is 15.5. The van der Waals surface area contributed by atoms with Gasteiger partial charge in [0.25, 0.3) is 5.56 Å². The van der Waals surface area contributed by atoms with Crippen molar-refractivity contribution in [3.63, 3.8) is 0 Å². The quantitative estimate of drug-likeness (QED) is 0.447. The highest BCUT2D eigenvalue weighted by Crippen LogP contribution is 2.40. The fourth-order valence-electron chi connectivity index (χ4n) is 3.78. The number of aromatic amines is 1. The van der Waals surface area contributed by atoms with Gasteiger partial charge in [0.1, 0.15) is 22.8 Å². The molecule has 2 heterocycles. The molecule has 0 radical (unpaired) electrons. The molecule has 0 aliphatic rings. The third-order valence-electron chi connectivity index (χ3n) is 5.11. The highest BCUT2D eigenvalue weighted by Gasteiger charge is 2.17. The smallest absolute Gasteiger partial charge is 0.274 e. The van der Waals surface area contributed by atoms with Crippen molar-refractivity contribution >= 4 is 26.3 Å². The summed E-state index contributed by atoms with van der Waals surface area (Å²) < 4.78 is 38.2. The van der Waals surface area contributed by atoms with Crippen LogP contribution in [0.2, 0.25) is 0 Å². The van der Waals surface area contributed by atoms with Gasteiger partial charge < -0.3 is 14.3 Å². The third kappa shape index (κ3) is 4.18. The molecule has 0 amide bonds. The molecular formula is C24H24FN3O3S. The molecule has 8 heteroatoms. The fraction of sp³-hybridized carbons (Fsp3) is 0.208. The van der Waals surface area contributed by atoms with Crippen molar-refractivity contribution in [2.75, 3.05) is 12.5 Å². The molecule has 0 bridgehead atoms. The number of hydrogen-bond acceptors (Lipinski definition) is 4. The molecule has 6 nitrogen and oxygen atoms in total. The van der Waals surface area contributed by atoms with Crippen LogP contribution in [-0.4, -0.2) is 26.3 Å². The lowest BCUT2D eigenvalue weighted by molar-refractivity contribution is 0.474. The lowest BCUT2D eigenvalue weighted by Gasteiger charge is -2.17. The Hall–Kier alpha value is -3.39. The van der Waals surface area contributed by atoms with Crippen LogP contribution in [-0.2, 0) is 16.8 Å².